The molecule has 2 aromatic heterocycles. The first kappa shape index (κ1) is 25.3. The van der Waals surface area contributed by atoms with Crippen LogP contribution in [0.15, 0.2) is 48.7 Å². The molecular weight excluding hydrogens is 469 g/mol. The Bertz CT molecular complexity index is 1220. The lowest BCUT2D eigenvalue weighted by molar-refractivity contribution is -0.192. The molecule has 1 aromatic carbocycles. The van der Waals surface area contributed by atoms with Gasteiger partial charge in [-0.1, -0.05) is 0 Å². The number of pyridine rings is 1. The van der Waals surface area contributed by atoms with Gasteiger partial charge in [-0.15, -0.1) is 0 Å². The Labute approximate surface area is 197 Å². The number of fused-ring (bicyclic) bond motifs is 1. The average Bonchev–Trinajstić information content (AvgIpc) is 3.29. The van der Waals surface area contributed by atoms with Crippen LogP contribution in [0.3, 0.4) is 0 Å². The van der Waals surface area contributed by atoms with Gasteiger partial charge in [0.1, 0.15) is 5.75 Å². The van der Waals surface area contributed by atoms with Crippen LogP contribution < -0.4 is 15.4 Å². The maximum atomic E-state index is 12.0. The van der Waals surface area contributed by atoms with Crippen LogP contribution in [-0.2, 0) is 16.0 Å². The molecule has 2 amide bonds. The van der Waals surface area contributed by atoms with Crippen molar-refractivity contribution in [3.05, 3.63) is 59.9 Å². The van der Waals surface area contributed by atoms with Crippen molar-refractivity contribution in [3.63, 3.8) is 0 Å². The minimum absolute atomic E-state index is 0.0192. The van der Waals surface area contributed by atoms with E-state index in [0.717, 1.165) is 34.6 Å². The van der Waals surface area contributed by atoms with E-state index in [1.54, 1.807) is 13.2 Å². The summed E-state index contributed by atoms with van der Waals surface area (Å²) in [4.78, 5) is 40.0. The van der Waals surface area contributed by atoms with Crippen LogP contribution in [0.5, 0.6) is 5.75 Å². The van der Waals surface area contributed by atoms with Crippen molar-refractivity contribution in [3.8, 4) is 28.3 Å². The van der Waals surface area contributed by atoms with Crippen molar-refractivity contribution in [2.45, 2.75) is 12.6 Å². The number of aromatic amines is 1. The number of rotatable bonds is 5. The third-order valence-corrected chi connectivity index (χ3v) is 4.92. The molecule has 0 atom stereocenters. The molecule has 0 radical (unpaired) electrons. The number of ether oxygens (including phenoxy) is 1. The number of carbonyl (C=O) groups is 3. The number of halogens is 3. The number of carboxylic acids is 1. The number of aliphatic carboxylic acids is 1. The van der Waals surface area contributed by atoms with Crippen LogP contribution >= 0.6 is 0 Å². The predicted molar refractivity (Wildman–Crippen MR) is 119 cm³/mol. The van der Waals surface area contributed by atoms with Gasteiger partial charge in [-0.05, 0) is 42.5 Å². The van der Waals surface area contributed by atoms with Gasteiger partial charge in [-0.3, -0.25) is 14.6 Å². The normalized spacial score (nSPS) is 12.5. The fourth-order valence-corrected chi connectivity index (χ4v) is 3.15. The lowest BCUT2D eigenvalue weighted by atomic mass is 10.1. The zero-order valence-corrected chi connectivity index (χ0v) is 18.4. The molecule has 0 unspecified atom stereocenters. The van der Waals surface area contributed by atoms with Gasteiger partial charge < -0.3 is 25.5 Å². The first-order valence-corrected chi connectivity index (χ1v) is 10.3. The van der Waals surface area contributed by atoms with Gasteiger partial charge in [0.2, 0.25) is 0 Å². The summed E-state index contributed by atoms with van der Waals surface area (Å²) >= 11 is 0. The number of nitrogens with zero attached hydrogens (tertiary/aromatic N) is 1. The Morgan fingerprint density at radius 3 is 2.43 bits per heavy atom. The number of H-pyrrole nitrogens is 1. The quantitative estimate of drug-likeness (QED) is 0.435. The van der Waals surface area contributed by atoms with Crippen LogP contribution in [0, 0.1) is 0 Å². The maximum absolute atomic E-state index is 12.0. The second-order valence-corrected chi connectivity index (χ2v) is 7.30. The molecule has 0 aliphatic carbocycles. The van der Waals surface area contributed by atoms with Gasteiger partial charge >= 0.3 is 12.1 Å². The predicted octanol–water partition coefficient (Wildman–Crippen LogP) is 2.79. The Kier molecular flexibility index (Phi) is 7.74. The van der Waals surface area contributed by atoms with Crippen molar-refractivity contribution in [1.82, 2.24) is 20.6 Å². The third kappa shape index (κ3) is 6.59. The van der Waals surface area contributed by atoms with E-state index in [-0.39, 0.29) is 18.4 Å². The largest absolute Gasteiger partial charge is 0.490 e. The second-order valence-electron chi connectivity index (χ2n) is 7.30. The van der Waals surface area contributed by atoms with E-state index in [1.165, 1.54) is 0 Å². The highest BCUT2D eigenvalue weighted by Crippen LogP contribution is 2.28. The molecule has 35 heavy (non-hydrogen) atoms. The Hall–Kier alpha value is -4.35. The smallest absolute Gasteiger partial charge is 0.484 e. The molecule has 1 aliphatic heterocycles. The molecule has 1 aliphatic rings. The summed E-state index contributed by atoms with van der Waals surface area (Å²) in [6.45, 7) is 0.635. The van der Waals surface area contributed by atoms with Crippen LogP contribution in [-0.4, -0.2) is 59.2 Å². The molecule has 0 bridgehead atoms. The Morgan fingerprint density at radius 2 is 1.83 bits per heavy atom. The number of likely N-dealkylation sites (N-methyl/N-ethyl adjacent to an activating group) is 1. The zero-order valence-electron chi connectivity index (χ0n) is 18.4. The van der Waals surface area contributed by atoms with Gasteiger partial charge in [0.25, 0.3) is 11.8 Å². The van der Waals surface area contributed by atoms with Gasteiger partial charge in [0.15, 0.2) is 6.61 Å². The average molecular weight is 490 g/mol. The number of amides is 2. The highest BCUT2D eigenvalue weighted by atomic mass is 19.4. The second kappa shape index (κ2) is 10.7. The van der Waals surface area contributed by atoms with Crippen molar-refractivity contribution < 1.29 is 37.4 Å². The first-order valence-electron chi connectivity index (χ1n) is 10.3. The van der Waals surface area contributed by atoms with Crippen molar-refractivity contribution in [1.29, 1.82) is 0 Å². The molecule has 12 heteroatoms. The van der Waals surface area contributed by atoms with E-state index in [2.05, 4.69) is 20.6 Å². The molecule has 0 saturated heterocycles. The van der Waals surface area contributed by atoms with E-state index in [1.807, 2.05) is 42.5 Å². The number of carbonyl (C=O) groups excluding carboxylic acids is 2. The summed E-state index contributed by atoms with van der Waals surface area (Å²) in [6, 6.07) is 13.2. The summed E-state index contributed by atoms with van der Waals surface area (Å²) in [7, 11) is 1.57. The molecule has 0 fully saturated rings. The highest BCUT2D eigenvalue weighted by Gasteiger charge is 2.38. The number of alkyl halides is 3. The highest BCUT2D eigenvalue weighted by molar-refractivity contribution is 5.97. The minimum Gasteiger partial charge on any atom is -0.484 e. The summed E-state index contributed by atoms with van der Waals surface area (Å²) in [5, 5.41) is 12.5. The van der Waals surface area contributed by atoms with Crippen LogP contribution in [0.25, 0.3) is 22.5 Å². The molecule has 9 nitrogen and oxygen atoms in total. The van der Waals surface area contributed by atoms with Crippen molar-refractivity contribution in [2.24, 2.45) is 0 Å². The number of benzene rings is 1. The molecular formula is C23H21F3N4O5. The summed E-state index contributed by atoms with van der Waals surface area (Å²) in [5.41, 5.74) is 5.28. The van der Waals surface area contributed by atoms with E-state index in [9.17, 15) is 22.8 Å². The van der Waals surface area contributed by atoms with Crippen LogP contribution in [0.4, 0.5) is 13.2 Å². The SMILES string of the molecule is CNC(=O)COc1ccc(-c2cc(-c3cc4c([nH]3)CCNC4=O)ccn2)cc1.O=C(O)C(F)(F)F. The monoisotopic (exact) mass is 490 g/mol. The van der Waals surface area contributed by atoms with Gasteiger partial charge in [-0.2, -0.15) is 13.2 Å². The topological polar surface area (TPSA) is 133 Å². The number of hydrogen-bond acceptors (Lipinski definition) is 5. The van der Waals surface area contributed by atoms with E-state index >= 15 is 0 Å². The Morgan fingerprint density at radius 1 is 1.14 bits per heavy atom. The fourth-order valence-electron chi connectivity index (χ4n) is 3.15. The standard InChI is InChI=1S/C21H20N4O3.C2HF3O2/c1-22-20(26)12-28-15-4-2-13(3-5-15)18-10-14(6-8-23-18)19-11-16-17(25-19)7-9-24-21(16)27;3-2(4,5)1(6)7/h2-6,8,10-11,25H,7,9,12H2,1H3,(H,22,26)(H,24,27);(H,6,7). The molecule has 0 saturated carbocycles. The first-order chi connectivity index (χ1) is 16.6. The summed E-state index contributed by atoms with van der Waals surface area (Å²) in [5.74, 6) is -2.36. The van der Waals surface area contributed by atoms with Crippen LogP contribution in [0.1, 0.15) is 16.1 Å². The van der Waals surface area contributed by atoms with Crippen molar-refractivity contribution >= 4 is 17.8 Å². The number of aromatic nitrogens is 2. The molecule has 4 N–H and O–H groups in total. The van der Waals surface area contributed by atoms with Gasteiger partial charge in [0, 0.05) is 48.7 Å². The zero-order chi connectivity index (χ0) is 25.6. The minimum atomic E-state index is -5.08. The van der Waals surface area contributed by atoms with Gasteiger partial charge in [-0.25, -0.2) is 4.79 Å². The van der Waals surface area contributed by atoms with Crippen molar-refractivity contribution in [2.75, 3.05) is 20.2 Å². The third-order valence-electron chi connectivity index (χ3n) is 4.92. The lowest BCUT2D eigenvalue weighted by Gasteiger charge is -2.11. The maximum Gasteiger partial charge on any atom is 0.490 e. The van der Waals surface area contributed by atoms with E-state index in [0.29, 0.717) is 17.9 Å². The number of carboxylic acid groups (broad SMARTS) is 1. The van der Waals surface area contributed by atoms with E-state index < -0.39 is 12.1 Å². The van der Waals surface area contributed by atoms with Crippen LogP contribution in [0.2, 0.25) is 0 Å². The molecule has 0 spiro atoms. The summed E-state index contributed by atoms with van der Waals surface area (Å²) < 4.78 is 37.2. The number of nitrogens with one attached hydrogen (secondary N) is 3. The fraction of sp³-hybridized carbons (Fsp3) is 0.217. The molecule has 3 aromatic rings. The number of hydrogen-bond donors (Lipinski definition) is 4. The lowest BCUT2D eigenvalue weighted by Crippen LogP contribution is -2.31. The summed E-state index contributed by atoms with van der Waals surface area (Å²) in [6.07, 6.45) is -2.53. The molecule has 3 heterocycles. The molecule has 4 rings (SSSR count). The van der Waals surface area contributed by atoms with E-state index in [4.69, 9.17) is 14.6 Å². The molecule has 184 valence electrons. The Balaban J connectivity index is 0.000000429. The van der Waals surface area contributed by atoms with Gasteiger partial charge in [0.05, 0.1) is 11.3 Å².